The highest BCUT2D eigenvalue weighted by Gasteiger charge is 2.06. The molecule has 0 saturated carbocycles. The Labute approximate surface area is 192 Å². The van der Waals surface area contributed by atoms with Crippen molar-refractivity contribution in [2.24, 2.45) is 4.99 Å². The molecule has 0 unspecified atom stereocenters. The largest absolute Gasteiger partial charge is 0.487 e. The lowest BCUT2D eigenvalue weighted by Gasteiger charge is -2.12. The number of pyridine rings is 1. The number of thiazole rings is 1. The minimum absolute atomic E-state index is 0. The SMILES string of the molecule is CN=C(NCc1cccc(OCc2ccccn2)c1)NCc1sc(C)nc1C.I. The number of halogens is 1. The third kappa shape index (κ3) is 7.28. The van der Waals surface area contributed by atoms with Crippen molar-refractivity contribution < 1.29 is 4.74 Å². The van der Waals surface area contributed by atoms with Gasteiger partial charge in [-0.05, 0) is 43.7 Å². The first kappa shape index (κ1) is 23.1. The number of aliphatic imine (C=N–C) groups is 1. The maximum absolute atomic E-state index is 5.84. The first-order valence-electron chi connectivity index (χ1n) is 9.13. The third-order valence-corrected chi connectivity index (χ3v) is 5.18. The first-order valence-corrected chi connectivity index (χ1v) is 9.95. The Balaban J connectivity index is 0.00000300. The summed E-state index contributed by atoms with van der Waals surface area (Å²) in [6.45, 7) is 5.88. The number of hydrogen-bond donors (Lipinski definition) is 2. The zero-order valence-electron chi connectivity index (χ0n) is 16.8. The van der Waals surface area contributed by atoms with Gasteiger partial charge >= 0.3 is 0 Å². The maximum Gasteiger partial charge on any atom is 0.191 e. The van der Waals surface area contributed by atoms with E-state index in [1.54, 1.807) is 24.6 Å². The molecule has 3 rings (SSSR count). The van der Waals surface area contributed by atoms with Gasteiger partial charge in [-0.2, -0.15) is 0 Å². The van der Waals surface area contributed by atoms with Gasteiger partial charge in [0, 0.05) is 24.7 Å². The van der Waals surface area contributed by atoms with Crippen LogP contribution in [-0.2, 0) is 19.7 Å². The molecule has 0 amide bonds. The second kappa shape index (κ2) is 11.7. The fourth-order valence-corrected chi connectivity index (χ4v) is 3.57. The summed E-state index contributed by atoms with van der Waals surface area (Å²) in [5, 5.41) is 7.76. The molecule has 6 nitrogen and oxygen atoms in total. The average Bonchev–Trinajstić information content (AvgIpc) is 3.04. The van der Waals surface area contributed by atoms with Crippen LogP contribution in [0, 0.1) is 13.8 Å². The highest BCUT2D eigenvalue weighted by molar-refractivity contribution is 14.0. The van der Waals surface area contributed by atoms with Crippen LogP contribution in [-0.4, -0.2) is 23.0 Å². The predicted molar refractivity (Wildman–Crippen MR) is 129 cm³/mol. The van der Waals surface area contributed by atoms with E-state index in [-0.39, 0.29) is 24.0 Å². The van der Waals surface area contributed by atoms with E-state index >= 15 is 0 Å². The Bertz CT molecular complexity index is 930. The van der Waals surface area contributed by atoms with E-state index in [0.29, 0.717) is 19.7 Å². The molecule has 0 saturated heterocycles. The van der Waals surface area contributed by atoms with Gasteiger partial charge in [0.1, 0.15) is 12.4 Å². The van der Waals surface area contributed by atoms with Crippen molar-refractivity contribution in [1.82, 2.24) is 20.6 Å². The summed E-state index contributed by atoms with van der Waals surface area (Å²) >= 11 is 1.71. The molecule has 0 fully saturated rings. The van der Waals surface area contributed by atoms with Crippen LogP contribution in [0.15, 0.2) is 53.7 Å². The number of guanidine groups is 1. The molecule has 0 aliphatic rings. The predicted octanol–water partition coefficient (Wildman–Crippen LogP) is 4.22. The minimum Gasteiger partial charge on any atom is -0.487 e. The standard InChI is InChI=1S/C21H25N5OS.HI/c1-15-20(28-16(2)26-15)13-25-21(22-3)24-12-17-7-6-9-19(11-17)27-14-18-8-4-5-10-23-18;/h4-11H,12-14H2,1-3H3,(H2,22,24,25);1H. The molecular formula is C21H26IN5OS. The number of rotatable bonds is 7. The fraction of sp³-hybridized carbons (Fsp3) is 0.286. The average molecular weight is 523 g/mol. The molecule has 0 spiro atoms. The van der Waals surface area contributed by atoms with Gasteiger partial charge in [-0.15, -0.1) is 35.3 Å². The molecule has 2 aromatic heterocycles. The topological polar surface area (TPSA) is 71.4 Å². The zero-order chi connectivity index (χ0) is 19.8. The smallest absolute Gasteiger partial charge is 0.191 e. The van der Waals surface area contributed by atoms with Crippen LogP contribution in [0.3, 0.4) is 0 Å². The second-order valence-corrected chi connectivity index (χ2v) is 7.57. The van der Waals surface area contributed by atoms with Gasteiger partial charge in [-0.25, -0.2) is 4.98 Å². The minimum atomic E-state index is 0. The highest BCUT2D eigenvalue weighted by Crippen LogP contribution is 2.17. The summed E-state index contributed by atoms with van der Waals surface area (Å²) in [6, 6.07) is 13.8. The molecule has 0 atom stereocenters. The van der Waals surface area contributed by atoms with Crippen molar-refractivity contribution in [3.63, 3.8) is 0 Å². The third-order valence-electron chi connectivity index (χ3n) is 4.11. The van der Waals surface area contributed by atoms with Crippen molar-refractivity contribution in [2.75, 3.05) is 7.05 Å². The van der Waals surface area contributed by atoms with E-state index in [0.717, 1.165) is 33.7 Å². The van der Waals surface area contributed by atoms with E-state index in [2.05, 4.69) is 31.7 Å². The summed E-state index contributed by atoms with van der Waals surface area (Å²) in [7, 11) is 1.77. The Morgan fingerprint density at radius 3 is 2.62 bits per heavy atom. The van der Waals surface area contributed by atoms with E-state index < -0.39 is 0 Å². The van der Waals surface area contributed by atoms with Gasteiger partial charge in [-0.3, -0.25) is 9.98 Å². The number of ether oxygens (including phenoxy) is 1. The number of nitrogens with one attached hydrogen (secondary N) is 2. The fourth-order valence-electron chi connectivity index (χ4n) is 2.69. The van der Waals surface area contributed by atoms with Crippen LogP contribution >= 0.6 is 35.3 Å². The molecule has 29 heavy (non-hydrogen) atoms. The Morgan fingerprint density at radius 1 is 1.10 bits per heavy atom. The summed E-state index contributed by atoms with van der Waals surface area (Å²) in [4.78, 5) is 14.3. The molecule has 1 aromatic carbocycles. The molecule has 0 aliphatic heterocycles. The number of aromatic nitrogens is 2. The van der Waals surface area contributed by atoms with Crippen molar-refractivity contribution in [3.8, 4) is 5.75 Å². The Morgan fingerprint density at radius 2 is 1.93 bits per heavy atom. The van der Waals surface area contributed by atoms with Crippen molar-refractivity contribution in [1.29, 1.82) is 0 Å². The van der Waals surface area contributed by atoms with Crippen LogP contribution in [0.5, 0.6) is 5.75 Å². The monoisotopic (exact) mass is 523 g/mol. The van der Waals surface area contributed by atoms with Crippen LogP contribution < -0.4 is 15.4 Å². The van der Waals surface area contributed by atoms with Crippen LogP contribution in [0.25, 0.3) is 0 Å². The van der Waals surface area contributed by atoms with Crippen molar-refractivity contribution in [2.45, 2.75) is 33.5 Å². The van der Waals surface area contributed by atoms with Crippen LogP contribution in [0.4, 0.5) is 0 Å². The lowest BCUT2D eigenvalue weighted by atomic mass is 10.2. The number of benzene rings is 1. The van der Waals surface area contributed by atoms with Gasteiger partial charge < -0.3 is 15.4 Å². The van der Waals surface area contributed by atoms with Crippen LogP contribution in [0.1, 0.15) is 26.8 Å². The number of hydrogen-bond acceptors (Lipinski definition) is 5. The van der Waals surface area contributed by atoms with E-state index in [1.807, 2.05) is 50.2 Å². The molecular weight excluding hydrogens is 497 g/mol. The Hall–Kier alpha value is -2.20. The molecule has 0 bridgehead atoms. The van der Waals surface area contributed by atoms with Crippen molar-refractivity contribution in [3.05, 3.63) is 75.5 Å². The number of nitrogens with zero attached hydrogens (tertiary/aromatic N) is 3. The van der Waals surface area contributed by atoms with Gasteiger partial charge in [0.05, 0.1) is 22.9 Å². The lowest BCUT2D eigenvalue weighted by molar-refractivity contribution is 0.301. The molecule has 8 heteroatoms. The summed E-state index contributed by atoms with van der Waals surface area (Å²) in [6.07, 6.45) is 1.77. The van der Waals surface area contributed by atoms with E-state index in [9.17, 15) is 0 Å². The van der Waals surface area contributed by atoms with Crippen LogP contribution in [0.2, 0.25) is 0 Å². The maximum atomic E-state index is 5.84. The first-order chi connectivity index (χ1) is 13.6. The van der Waals surface area contributed by atoms with Gasteiger partial charge in [-0.1, -0.05) is 18.2 Å². The quantitative estimate of drug-likeness (QED) is 0.276. The van der Waals surface area contributed by atoms with Gasteiger partial charge in [0.2, 0.25) is 0 Å². The molecule has 154 valence electrons. The van der Waals surface area contributed by atoms with E-state index in [4.69, 9.17) is 4.74 Å². The highest BCUT2D eigenvalue weighted by atomic mass is 127. The Kier molecular flexibility index (Phi) is 9.33. The molecule has 2 heterocycles. The number of aryl methyl sites for hydroxylation is 2. The van der Waals surface area contributed by atoms with E-state index in [1.165, 1.54) is 4.88 Å². The van der Waals surface area contributed by atoms with Gasteiger partial charge in [0.15, 0.2) is 5.96 Å². The molecule has 0 aliphatic carbocycles. The summed E-state index contributed by atoms with van der Waals surface area (Å²) in [5.74, 6) is 1.58. The van der Waals surface area contributed by atoms with Gasteiger partial charge in [0.25, 0.3) is 0 Å². The zero-order valence-corrected chi connectivity index (χ0v) is 20.0. The van der Waals surface area contributed by atoms with Crippen molar-refractivity contribution >= 4 is 41.3 Å². The normalized spacial score (nSPS) is 10.9. The molecule has 3 aromatic rings. The molecule has 0 radical (unpaired) electrons. The summed E-state index contributed by atoms with van der Waals surface area (Å²) < 4.78 is 5.84. The second-order valence-electron chi connectivity index (χ2n) is 6.28. The molecule has 2 N–H and O–H groups in total. The lowest BCUT2D eigenvalue weighted by Crippen LogP contribution is -2.36. The summed E-state index contributed by atoms with van der Waals surface area (Å²) in [5.41, 5.74) is 3.10.